The van der Waals surface area contributed by atoms with Crippen molar-refractivity contribution in [1.82, 2.24) is 29.4 Å². The van der Waals surface area contributed by atoms with E-state index in [4.69, 9.17) is 4.52 Å². The molecule has 1 unspecified atom stereocenters. The molecule has 1 aliphatic carbocycles. The zero-order valence-electron chi connectivity index (χ0n) is 16.0. The summed E-state index contributed by atoms with van der Waals surface area (Å²) in [5, 5.41) is 8.55. The monoisotopic (exact) mass is 394 g/mol. The minimum Gasteiger partial charge on any atom is -0.360 e. The first-order valence-electron chi connectivity index (χ1n) is 10.1. The molecule has 1 aliphatic heterocycles. The van der Waals surface area contributed by atoms with E-state index < -0.39 is 0 Å². The van der Waals surface area contributed by atoms with Crippen LogP contribution < -0.4 is 5.56 Å². The fraction of sp³-hybridized carbons (Fsp3) is 0.450. The molecule has 9 nitrogen and oxygen atoms in total. The van der Waals surface area contributed by atoms with Crippen LogP contribution in [-0.4, -0.2) is 47.9 Å². The van der Waals surface area contributed by atoms with Crippen molar-refractivity contribution in [3.8, 4) is 5.82 Å². The molecule has 0 N–H and O–H groups in total. The Morgan fingerprint density at radius 3 is 2.97 bits per heavy atom. The fourth-order valence-corrected chi connectivity index (χ4v) is 4.28. The average molecular weight is 394 g/mol. The van der Waals surface area contributed by atoms with Gasteiger partial charge >= 0.3 is 0 Å². The maximum absolute atomic E-state index is 13.2. The summed E-state index contributed by atoms with van der Waals surface area (Å²) in [4.78, 5) is 31.4. The highest BCUT2D eigenvalue weighted by Crippen LogP contribution is 2.27. The minimum absolute atomic E-state index is 0.0957. The first kappa shape index (κ1) is 17.8. The number of likely N-dealkylation sites (tertiary alicyclic amines) is 1. The third-order valence-corrected chi connectivity index (χ3v) is 5.80. The van der Waals surface area contributed by atoms with Crippen LogP contribution in [0.25, 0.3) is 5.82 Å². The van der Waals surface area contributed by atoms with Crippen molar-refractivity contribution in [2.24, 2.45) is 0 Å². The Morgan fingerprint density at radius 1 is 1.21 bits per heavy atom. The van der Waals surface area contributed by atoms with Crippen LogP contribution in [0.4, 0.5) is 0 Å². The second-order valence-electron chi connectivity index (χ2n) is 7.62. The SMILES string of the molecule is O=C(c1noc2c1CCCC2)N1CCCC1Cn1nc(-n2ccnc2)ccc1=O. The number of amides is 1. The Hall–Kier alpha value is -3.23. The first-order chi connectivity index (χ1) is 14.2. The molecule has 1 amide bonds. The molecule has 0 saturated carbocycles. The van der Waals surface area contributed by atoms with E-state index in [-0.39, 0.29) is 17.5 Å². The molecular formula is C20H22N6O3. The van der Waals surface area contributed by atoms with Gasteiger partial charge in [0.05, 0.1) is 12.6 Å². The van der Waals surface area contributed by atoms with Gasteiger partial charge in [-0.1, -0.05) is 5.16 Å². The number of hydrogen-bond acceptors (Lipinski definition) is 6. The lowest BCUT2D eigenvalue weighted by Crippen LogP contribution is -2.41. The van der Waals surface area contributed by atoms with Gasteiger partial charge in [-0.3, -0.25) is 14.2 Å². The van der Waals surface area contributed by atoms with Crippen LogP contribution in [0.5, 0.6) is 0 Å². The molecule has 9 heteroatoms. The molecule has 29 heavy (non-hydrogen) atoms. The smallest absolute Gasteiger partial charge is 0.276 e. The zero-order valence-corrected chi connectivity index (χ0v) is 16.0. The van der Waals surface area contributed by atoms with Crippen molar-refractivity contribution in [3.05, 3.63) is 58.2 Å². The third-order valence-electron chi connectivity index (χ3n) is 5.80. The summed E-state index contributed by atoms with van der Waals surface area (Å²) in [6, 6.07) is 3.07. The highest BCUT2D eigenvalue weighted by molar-refractivity contribution is 5.94. The molecule has 3 aromatic heterocycles. The first-order valence-corrected chi connectivity index (χ1v) is 10.1. The van der Waals surface area contributed by atoms with Gasteiger partial charge in [0.2, 0.25) is 0 Å². The number of fused-ring (bicyclic) bond motifs is 1. The molecule has 150 valence electrons. The lowest BCUT2D eigenvalue weighted by atomic mass is 9.96. The number of imidazole rings is 1. The largest absolute Gasteiger partial charge is 0.360 e. The predicted octanol–water partition coefficient (Wildman–Crippen LogP) is 1.60. The van der Waals surface area contributed by atoms with E-state index in [1.165, 1.54) is 10.7 Å². The minimum atomic E-state index is -0.188. The summed E-state index contributed by atoms with van der Waals surface area (Å²) in [7, 11) is 0. The van der Waals surface area contributed by atoms with Crippen molar-refractivity contribution in [3.63, 3.8) is 0 Å². The molecule has 0 radical (unpaired) electrons. The topological polar surface area (TPSA) is 99.1 Å². The maximum Gasteiger partial charge on any atom is 0.276 e. The molecule has 2 aliphatic rings. The number of hydrogen-bond donors (Lipinski definition) is 0. The van der Waals surface area contributed by atoms with E-state index in [9.17, 15) is 9.59 Å². The molecule has 1 atom stereocenters. The number of aromatic nitrogens is 5. The van der Waals surface area contributed by atoms with Gasteiger partial charge in [-0.25, -0.2) is 9.67 Å². The summed E-state index contributed by atoms with van der Waals surface area (Å²) < 4.78 is 8.60. The standard InChI is InChI=1S/C20H22N6O3/c27-18-8-7-17(24-11-9-21-13-24)22-26(18)12-14-4-3-10-25(14)20(28)19-15-5-1-2-6-16(15)29-23-19/h7-9,11,13-14H,1-6,10,12H2. The molecule has 0 bridgehead atoms. The Morgan fingerprint density at radius 2 is 2.10 bits per heavy atom. The second-order valence-corrected chi connectivity index (χ2v) is 7.62. The maximum atomic E-state index is 13.2. The molecular weight excluding hydrogens is 372 g/mol. The molecule has 1 fully saturated rings. The summed E-state index contributed by atoms with van der Waals surface area (Å²) in [6.45, 7) is 1.01. The molecule has 0 aromatic carbocycles. The van der Waals surface area contributed by atoms with Crippen molar-refractivity contribution in [1.29, 1.82) is 0 Å². The zero-order chi connectivity index (χ0) is 19.8. The van der Waals surface area contributed by atoms with Crippen LogP contribution in [0.2, 0.25) is 0 Å². The van der Waals surface area contributed by atoms with E-state index in [2.05, 4.69) is 15.2 Å². The van der Waals surface area contributed by atoms with Gasteiger partial charge in [-0.15, -0.1) is 0 Å². The van der Waals surface area contributed by atoms with Crippen molar-refractivity contribution in [2.75, 3.05) is 6.54 Å². The molecule has 0 spiro atoms. The van der Waals surface area contributed by atoms with Gasteiger partial charge in [0.15, 0.2) is 11.5 Å². The summed E-state index contributed by atoms with van der Waals surface area (Å²) in [6.07, 6.45) is 10.6. The van der Waals surface area contributed by atoms with Crippen molar-refractivity contribution in [2.45, 2.75) is 51.1 Å². The number of rotatable bonds is 4. The number of carbonyl (C=O) groups is 1. The highest BCUT2D eigenvalue weighted by Gasteiger charge is 2.34. The van der Waals surface area contributed by atoms with Crippen LogP contribution in [0.1, 0.15) is 47.5 Å². The number of nitrogens with zero attached hydrogens (tertiary/aromatic N) is 6. The van der Waals surface area contributed by atoms with Crippen LogP contribution in [0.3, 0.4) is 0 Å². The average Bonchev–Trinajstić information content (AvgIpc) is 3.50. The lowest BCUT2D eigenvalue weighted by molar-refractivity contribution is 0.0709. The predicted molar refractivity (Wildman–Crippen MR) is 103 cm³/mol. The van der Waals surface area contributed by atoms with Crippen LogP contribution >= 0.6 is 0 Å². The Balaban J connectivity index is 1.39. The molecule has 5 rings (SSSR count). The number of carbonyl (C=O) groups excluding carboxylic acids is 1. The Bertz CT molecular complexity index is 1080. The summed E-state index contributed by atoms with van der Waals surface area (Å²) in [5.41, 5.74) is 1.22. The van der Waals surface area contributed by atoms with Gasteiger partial charge < -0.3 is 9.42 Å². The van der Waals surface area contributed by atoms with E-state index in [0.717, 1.165) is 49.8 Å². The normalized spacial score (nSPS) is 18.8. The Labute approximate surface area is 166 Å². The van der Waals surface area contributed by atoms with E-state index in [0.29, 0.717) is 24.6 Å². The van der Waals surface area contributed by atoms with Crippen molar-refractivity contribution >= 4 is 5.91 Å². The van der Waals surface area contributed by atoms with E-state index in [1.54, 1.807) is 29.4 Å². The van der Waals surface area contributed by atoms with Crippen molar-refractivity contribution < 1.29 is 9.32 Å². The quantitative estimate of drug-likeness (QED) is 0.667. The summed E-state index contributed by atoms with van der Waals surface area (Å²) >= 11 is 0. The van der Waals surface area contributed by atoms with Crippen LogP contribution in [-0.2, 0) is 19.4 Å². The van der Waals surface area contributed by atoms with E-state index >= 15 is 0 Å². The lowest BCUT2D eigenvalue weighted by Gasteiger charge is -2.24. The van der Waals surface area contributed by atoms with Gasteiger partial charge in [0, 0.05) is 37.0 Å². The molecule has 1 saturated heterocycles. The number of aryl methyl sites for hydroxylation is 1. The molecule has 3 aromatic rings. The third kappa shape index (κ3) is 3.26. The molecule has 4 heterocycles. The van der Waals surface area contributed by atoms with E-state index in [1.807, 2.05) is 4.90 Å². The van der Waals surface area contributed by atoms with Gasteiger partial charge in [0.25, 0.3) is 11.5 Å². The van der Waals surface area contributed by atoms with Gasteiger partial charge in [-0.05, 0) is 38.2 Å². The Kier molecular flexibility index (Phi) is 4.49. The fourth-order valence-electron chi connectivity index (χ4n) is 4.28. The summed E-state index contributed by atoms with van der Waals surface area (Å²) in [5.74, 6) is 1.36. The van der Waals surface area contributed by atoms with Crippen LogP contribution in [0, 0.1) is 0 Å². The van der Waals surface area contributed by atoms with Gasteiger partial charge in [0.1, 0.15) is 12.1 Å². The van der Waals surface area contributed by atoms with Gasteiger partial charge in [-0.2, -0.15) is 5.10 Å². The highest BCUT2D eigenvalue weighted by atomic mass is 16.5. The van der Waals surface area contributed by atoms with Crippen LogP contribution in [0.15, 0.2) is 40.2 Å². The second kappa shape index (κ2) is 7.31.